The fraction of sp³-hybridized carbons (Fsp3) is 0.800. The quantitative estimate of drug-likeness (QED) is 0.408. The molecule has 0 fully saturated rings. The van der Waals surface area contributed by atoms with Crippen molar-refractivity contribution in [2.75, 3.05) is 13.1 Å². The minimum Gasteiger partial charge on any atom is -0.372 e. The number of primary amides is 2. The van der Waals surface area contributed by atoms with E-state index in [1.165, 1.54) is 25.7 Å². The van der Waals surface area contributed by atoms with E-state index in [2.05, 4.69) is 35.5 Å². The third-order valence-electron chi connectivity index (χ3n) is 1.32. The number of azo groups is 1. The molecule has 16 heavy (non-hydrogen) atoms. The molecule has 0 aliphatic carbocycles. The molecule has 0 aromatic rings. The van der Waals surface area contributed by atoms with E-state index < -0.39 is 0 Å². The first-order valence-electron chi connectivity index (χ1n) is 5.38. The molecule has 0 saturated carbocycles. The summed E-state index contributed by atoms with van der Waals surface area (Å²) in [4.78, 5) is 17.2. The van der Waals surface area contributed by atoms with E-state index in [0.29, 0.717) is 0 Å². The van der Waals surface area contributed by atoms with Crippen LogP contribution in [0, 0.1) is 0 Å². The summed E-state index contributed by atoms with van der Waals surface area (Å²) in [5.41, 5.74) is 8.33. The van der Waals surface area contributed by atoms with Gasteiger partial charge in [0.05, 0.1) is 13.1 Å². The second-order valence-electron chi connectivity index (χ2n) is 2.71. The SMILES string of the molecule is CCCCN=NCCCC.NC=O.NC=O. The maximum atomic E-state index is 8.58. The molecule has 0 rings (SSSR count). The first kappa shape index (κ1) is 20.0. The molecule has 0 aliphatic rings. The number of nitrogens with two attached hydrogens (primary N) is 2. The van der Waals surface area contributed by atoms with Crippen LogP contribution in [-0.4, -0.2) is 25.9 Å². The van der Waals surface area contributed by atoms with E-state index in [-0.39, 0.29) is 12.8 Å². The van der Waals surface area contributed by atoms with Crippen molar-refractivity contribution in [3.8, 4) is 0 Å². The third-order valence-corrected chi connectivity index (χ3v) is 1.32. The Balaban J connectivity index is -0.000000235. The van der Waals surface area contributed by atoms with Crippen molar-refractivity contribution in [3.05, 3.63) is 0 Å². The van der Waals surface area contributed by atoms with Gasteiger partial charge in [0.25, 0.3) is 0 Å². The standard InChI is InChI=1S/C8H18N2.2CH3NO/c1-3-5-7-9-10-8-6-4-2;2*2-1-3/h3-8H2,1-2H3;2*1H,(H2,2,3). The summed E-state index contributed by atoms with van der Waals surface area (Å²) in [6, 6.07) is 0. The highest BCUT2D eigenvalue weighted by Gasteiger charge is 1.80. The molecule has 0 aromatic carbocycles. The number of rotatable bonds is 6. The lowest BCUT2D eigenvalue weighted by Gasteiger charge is -1.89. The van der Waals surface area contributed by atoms with E-state index in [1.807, 2.05) is 0 Å². The van der Waals surface area contributed by atoms with Crippen LogP contribution in [0.15, 0.2) is 10.2 Å². The van der Waals surface area contributed by atoms with Crippen LogP contribution in [-0.2, 0) is 9.59 Å². The molecule has 0 aliphatic heterocycles. The summed E-state index contributed by atoms with van der Waals surface area (Å²) in [7, 11) is 0. The number of nitrogens with zero attached hydrogens (tertiary/aromatic N) is 2. The summed E-state index contributed by atoms with van der Waals surface area (Å²) in [6.07, 6.45) is 5.28. The molecule has 96 valence electrons. The maximum Gasteiger partial charge on any atom is 0.204 e. The fourth-order valence-corrected chi connectivity index (χ4v) is 0.599. The van der Waals surface area contributed by atoms with Crippen LogP contribution in [0.1, 0.15) is 39.5 Å². The van der Waals surface area contributed by atoms with Crippen LogP contribution in [0.3, 0.4) is 0 Å². The molecular weight excluding hydrogens is 208 g/mol. The summed E-state index contributed by atoms with van der Waals surface area (Å²) >= 11 is 0. The molecule has 0 bridgehead atoms. The van der Waals surface area contributed by atoms with Crippen molar-refractivity contribution in [1.29, 1.82) is 0 Å². The molecule has 0 heterocycles. The summed E-state index contributed by atoms with van der Waals surface area (Å²) in [5, 5.41) is 8.05. The van der Waals surface area contributed by atoms with Crippen molar-refractivity contribution in [2.45, 2.75) is 39.5 Å². The van der Waals surface area contributed by atoms with Gasteiger partial charge in [-0.05, 0) is 12.8 Å². The molecule has 0 aromatic heterocycles. The normalized spacial score (nSPS) is 8.38. The number of carbonyl (C=O) groups is 2. The zero-order valence-corrected chi connectivity index (χ0v) is 10.3. The van der Waals surface area contributed by atoms with Crippen molar-refractivity contribution in [1.82, 2.24) is 0 Å². The van der Waals surface area contributed by atoms with Gasteiger partial charge in [0.2, 0.25) is 12.8 Å². The highest BCUT2D eigenvalue weighted by molar-refractivity contribution is 5.42. The monoisotopic (exact) mass is 232 g/mol. The average molecular weight is 232 g/mol. The van der Waals surface area contributed by atoms with Gasteiger partial charge in [0, 0.05) is 0 Å². The van der Waals surface area contributed by atoms with Gasteiger partial charge in [-0.25, -0.2) is 0 Å². The van der Waals surface area contributed by atoms with Gasteiger partial charge in [-0.1, -0.05) is 26.7 Å². The van der Waals surface area contributed by atoms with Crippen LogP contribution in [0.2, 0.25) is 0 Å². The summed E-state index contributed by atoms with van der Waals surface area (Å²) < 4.78 is 0. The maximum absolute atomic E-state index is 8.58. The molecule has 2 amide bonds. The second-order valence-corrected chi connectivity index (χ2v) is 2.71. The van der Waals surface area contributed by atoms with Gasteiger partial charge in [-0.15, -0.1) is 0 Å². The first-order valence-corrected chi connectivity index (χ1v) is 5.38. The molecule has 4 N–H and O–H groups in total. The summed E-state index contributed by atoms with van der Waals surface area (Å²) in [5.74, 6) is 0. The third kappa shape index (κ3) is 54.4. The average Bonchev–Trinajstić information content (AvgIpc) is 2.26. The van der Waals surface area contributed by atoms with Gasteiger partial charge in [-0.3, -0.25) is 9.59 Å². The topological polar surface area (TPSA) is 111 Å². The Bertz CT molecular complexity index is 136. The Hall–Kier alpha value is -1.46. The predicted octanol–water partition coefficient (Wildman–Crippen LogP) is 1.24. The Kier molecular flexibility index (Phi) is 36.5. The van der Waals surface area contributed by atoms with Gasteiger partial charge in [0.15, 0.2) is 0 Å². The van der Waals surface area contributed by atoms with E-state index in [0.717, 1.165) is 13.1 Å². The van der Waals surface area contributed by atoms with Crippen LogP contribution in [0.4, 0.5) is 0 Å². The van der Waals surface area contributed by atoms with Crippen molar-refractivity contribution >= 4 is 12.8 Å². The molecule has 6 nitrogen and oxygen atoms in total. The minimum atomic E-state index is 0.250. The Labute approximate surface area is 97.5 Å². The number of unbranched alkanes of at least 4 members (excludes halogenated alkanes) is 2. The number of carbonyl (C=O) groups excluding carboxylic acids is 2. The molecule has 0 atom stereocenters. The minimum absolute atomic E-state index is 0.250. The molecule has 6 heteroatoms. The molecule has 0 saturated heterocycles. The second kappa shape index (κ2) is 29.2. The lowest BCUT2D eigenvalue weighted by molar-refractivity contribution is -0.107. The van der Waals surface area contributed by atoms with Gasteiger partial charge >= 0.3 is 0 Å². The fourth-order valence-electron chi connectivity index (χ4n) is 0.599. The van der Waals surface area contributed by atoms with Crippen LogP contribution in [0.5, 0.6) is 0 Å². The largest absolute Gasteiger partial charge is 0.372 e. The highest BCUT2D eigenvalue weighted by atomic mass is 16.1. The van der Waals surface area contributed by atoms with Crippen molar-refractivity contribution in [2.24, 2.45) is 21.7 Å². The zero-order valence-electron chi connectivity index (χ0n) is 10.3. The number of hydrogen-bond donors (Lipinski definition) is 2. The van der Waals surface area contributed by atoms with E-state index in [4.69, 9.17) is 9.59 Å². The molecule has 0 radical (unpaired) electrons. The van der Waals surface area contributed by atoms with Crippen molar-refractivity contribution < 1.29 is 9.59 Å². The van der Waals surface area contributed by atoms with E-state index in [1.54, 1.807) is 0 Å². The zero-order chi connectivity index (χ0) is 13.1. The Morgan fingerprint density at radius 2 is 1.12 bits per heavy atom. The highest BCUT2D eigenvalue weighted by Crippen LogP contribution is 1.90. The number of hydrogen-bond acceptors (Lipinski definition) is 4. The van der Waals surface area contributed by atoms with Gasteiger partial charge < -0.3 is 11.5 Å². The van der Waals surface area contributed by atoms with Crippen molar-refractivity contribution in [3.63, 3.8) is 0 Å². The predicted molar refractivity (Wildman–Crippen MR) is 64.9 cm³/mol. The Morgan fingerprint density at radius 3 is 1.31 bits per heavy atom. The molecular formula is C10H24N4O2. The molecule has 0 spiro atoms. The smallest absolute Gasteiger partial charge is 0.204 e. The van der Waals surface area contributed by atoms with Gasteiger partial charge in [-0.2, -0.15) is 10.2 Å². The first-order chi connectivity index (χ1) is 7.74. The number of amides is 2. The summed E-state index contributed by atoms with van der Waals surface area (Å²) in [6.45, 7) is 6.17. The van der Waals surface area contributed by atoms with Crippen LogP contribution < -0.4 is 11.5 Å². The lowest BCUT2D eigenvalue weighted by atomic mass is 10.3. The van der Waals surface area contributed by atoms with Crippen LogP contribution >= 0.6 is 0 Å². The van der Waals surface area contributed by atoms with E-state index >= 15 is 0 Å². The lowest BCUT2D eigenvalue weighted by Crippen LogP contribution is -1.82. The van der Waals surface area contributed by atoms with Crippen LogP contribution in [0.25, 0.3) is 0 Å². The Morgan fingerprint density at radius 1 is 0.875 bits per heavy atom. The molecule has 0 unspecified atom stereocenters. The van der Waals surface area contributed by atoms with E-state index in [9.17, 15) is 0 Å². The van der Waals surface area contributed by atoms with Gasteiger partial charge in [0.1, 0.15) is 0 Å².